The van der Waals surface area contributed by atoms with Crippen molar-refractivity contribution in [3.05, 3.63) is 24.0 Å². The molecule has 1 aliphatic heterocycles. The van der Waals surface area contributed by atoms with Crippen LogP contribution in [0.5, 0.6) is 0 Å². The number of nitrogens with zero attached hydrogens (tertiary/aromatic N) is 1. The molecule has 1 atom stereocenters. The molecule has 2 heterocycles. The number of nitrogens with one attached hydrogen (secondary N) is 2. The van der Waals surface area contributed by atoms with Crippen molar-refractivity contribution in [2.24, 2.45) is 0 Å². The lowest BCUT2D eigenvalue weighted by atomic mass is 10.1. The van der Waals surface area contributed by atoms with Crippen LogP contribution >= 0.6 is 12.4 Å². The summed E-state index contributed by atoms with van der Waals surface area (Å²) < 4.78 is 2.09. The molecular weight excluding hydrogens is 290 g/mol. The Kier molecular flexibility index (Phi) is 7.78. The molecule has 5 nitrogen and oxygen atoms in total. The molecule has 0 radical (unpaired) electrons. The summed E-state index contributed by atoms with van der Waals surface area (Å²) >= 11 is 0. The lowest BCUT2D eigenvalue weighted by molar-refractivity contribution is 0.0929. The first-order valence-corrected chi connectivity index (χ1v) is 7.56. The number of aliphatic hydroxyl groups excluding tert-OH is 1. The Morgan fingerprint density at radius 1 is 1.52 bits per heavy atom. The maximum atomic E-state index is 12.2. The minimum absolute atomic E-state index is 0. The minimum Gasteiger partial charge on any atom is -0.393 e. The monoisotopic (exact) mass is 315 g/mol. The smallest absolute Gasteiger partial charge is 0.267 e. The zero-order chi connectivity index (χ0) is 14.4. The minimum atomic E-state index is -0.327. The summed E-state index contributed by atoms with van der Waals surface area (Å²) in [6.07, 6.45) is 5.11. The van der Waals surface area contributed by atoms with Crippen molar-refractivity contribution in [3.63, 3.8) is 0 Å². The van der Waals surface area contributed by atoms with Gasteiger partial charge in [-0.15, -0.1) is 12.4 Å². The van der Waals surface area contributed by atoms with Gasteiger partial charge < -0.3 is 20.3 Å². The van der Waals surface area contributed by atoms with Gasteiger partial charge in [0.2, 0.25) is 0 Å². The molecule has 120 valence electrons. The molecule has 0 spiro atoms. The van der Waals surface area contributed by atoms with E-state index in [1.54, 1.807) is 0 Å². The molecule has 1 unspecified atom stereocenters. The summed E-state index contributed by atoms with van der Waals surface area (Å²) in [4.78, 5) is 12.2. The largest absolute Gasteiger partial charge is 0.393 e. The van der Waals surface area contributed by atoms with Gasteiger partial charge in [-0.1, -0.05) is 6.92 Å². The Bertz CT molecular complexity index is 430. The van der Waals surface area contributed by atoms with E-state index in [4.69, 9.17) is 0 Å². The van der Waals surface area contributed by atoms with Crippen molar-refractivity contribution in [2.45, 2.75) is 44.8 Å². The second kappa shape index (κ2) is 9.07. The number of rotatable bonds is 6. The predicted molar refractivity (Wildman–Crippen MR) is 86.1 cm³/mol. The SMILES string of the molecule is CCC(O)CCNC(=O)c1cccn1C1CCNCC1.Cl. The van der Waals surface area contributed by atoms with Gasteiger partial charge in [-0.05, 0) is 50.9 Å². The first-order chi connectivity index (χ1) is 9.72. The Morgan fingerprint density at radius 3 is 2.90 bits per heavy atom. The molecule has 0 aliphatic carbocycles. The van der Waals surface area contributed by atoms with Crippen LogP contribution in [-0.4, -0.2) is 41.3 Å². The summed E-state index contributed by atoms with van der Waals surface area (Å²) in [6, 6.07) is 4.21. The number of carbonyl (C=O) groups is 1. The third kappa shape index (κ3) is 5.02. The molecule has 6 heteroatoms. The van der Waals surface area contributed by atoms with Crippen molar-refractivity contribution in [2.75, 3.05) is 19.6 Å². The zero-order valence-electron chi connectivity index (χ0n) is 12.5. The van der Waals surface area contributed by atoms with Gasteiger partial charge in [0.1, 0.15) is 5.69 Å². The molecule has 2 rings (SSSR count). The Balaban J connectivity index is 0.00000220. The normalized spacial score (nSPS) is 17.0. The predicted octanol–water partition coefficient (Wildman–Crippen LogP) is 1.73. The van der Waals surface area contributed by atoms with E-state index in [9.17, 15) is 9.90 Å². The van der Waals surface area contributed by atoms with Gasteiger partial charge >= 0.3 is 0 Å². The quantitative estimate of drug-likeness (QED) is 0.749. The topological polar surface area (TPSA) is 66.3 Å². The van der Waals surface area contributed by atoms with Crippen LogP contribution in [0.4, 0.5) is 0 Å². The van der Waals surface area contributed by atoms with Gasteiger partial charge in [0.25, 0.3) is 5.91 Å². The summed E-state index contributed by atoms with van der Waals surface area (Å²) in [6.45, 7) is 4.47. The third-order valence-electron chi connectivity index (χ3n) is 3.95. The van der Waals surface area contributed by atoms with Gasteiger partial charge in [0.05, 0.1) is 6.10 Å². The van der Waals surface area contributed by atoms with E-state index in [-0.39, 0.29) is 24.4 Å². The van der Waals surface area contributed by atoms with E-state index >= 15 is 0 Å². The van der Waals surface area contributed by atoms with Crippen LogP contribution in [0.2, 0.25) is 0 Å². The lowest BCUT2D eigenvalue weighted by Crippen LogP contribution is -2.33. The van der Waals surface area contributed by atoms with Crippen molar-refractivity contribution in [1.29, 1.82) is 0 Å². The first-order valence-electron chi connectivity index (χ1n) is 7.56. The number of hydrogen-bond acceptors (Lipinski definition) is 3. The maximum Gasteiger partial charge on any atom is 0.267 e. The van der Waals surface area contributed by atoms with E-state index < -0.39 is 0 Å². The number of carbonyl (C=O) groups excluding carboxylic acids is 1. The highest BCUT2D eigenvalue weighted by molar-refractivity contribution is 5.92. The average molecular weight is 316 g/mol. The number of aliphatic hydroxyl groups is 1. The van der Waals surface area contributed by atoms with Gasteiger partial charge in [0, 0.05) is 18.8 Å². The number of aromatic nitrogens is 1. The molecule has 0 aromatic carbocycles. The fourth-order valence-corrected chi connectivity index (χ4v) is 2.64. The third-order valence-corrected chi connectivity index (χ3v) is 3.95. The van der Waals surface area contributed by atoms with Crippen LogP contribution in [0, 0.1) is 0 Å². The van der Waals surface area contributed by atoms with Crippen molar-refractivity contribution < 1.29 is 9.90 Å². The number of hydrogen-bond donors (Lipinski definition) is 3. The number of amides is 1. The molecule has 1 aliphatic rings. The Hall–Kier alpha value is -1.04. The fraction of sp³-hybridized carbons (Fsp3) is 0.667. The van der Waals surface area contributed by atoms with Gasteiger partial charge in [-0.3, -0.25) is 4.79 Å². The second-order valence-electron chi connectivity index (χ2n) is 5.39. The molecule has 0 saturated carbocycles. The van der Waals surface area contributed by atoms with E-state index in [0.717, 1.165) is 38.0 Å². The number of piperidine rings is 1. The van der Waals surface area contributed by atoms with Gasteiger partial charge in [-0.2, -0.15) is 0 Å². The molecule has 1 fully saturated rings. The summed E-state index contributed by atoms with van der Waals surface area (Å²) in [5.41, 5.74) is 0.725. The van der Waals surface area contributed by atoms with Crippen LogP contribution in [0.3, 0.4) is 0 Å². The summed E-state index contributed by atoms with van der Waals surface area (Å²) in [5.74, 6) is -0.0446. The molecule has 21 heavy (non-hydrogen) atoms. The fourth-order valence-electron chi connectivity index (χ4n) is 2.64. The first kappa shape index (κ1) is 18.0. The summed E-state index contributed by atoms with van der Waals surface area (Å²) in [7, 11) is 0. The maximum absolute atomic E-state index is 12.2. The van der Waals surface area contributed by atoms with Crippen LogP contribution in [-0.2, 0) is 0 Å². The molecule has 1 aromatic heterocycles. The van der Waals surface area contributed by atoms with E-state index in [1.165, 1.54) is 0 Å². The van der Waals surface area contributed by atoms with Gasteiger partial charge in [-0.25, -0.2) is 0 Å². The van der Waals surface area contributed by atoms with E-state index in [0.29, 0.717) is 19.0 Å². The van der Waals surface area contributed by atoms with Crippen LogP contribution in [0.25, 0.3) is 0 Å². The summed E-state index contributed by atoms with van der Waals surface area (Å²) in [5, 5.41) is 15.7. The van der Waals surface area contributed by atoms with Crippen LogP contribution in [0.1, 0.15) is 49.1 Å². The van der Waals surface area contributed by atoms with Gasteiger partial charge in [0.15, 0.2) is 0 Å². The molecule has 3 N–H and O–H groups in total. The Labute approximate surface area is 132 Å². The lowest BCUT2D eigenvalue weighted by Gasteiger charge is -2.26. The van der Waals surface area contributed by atoms with E-state index in [1.807, 2.05) is 25.3 Å². The number of halogens is 1. The van der Waals surface area contributed by atoms with E-state index in [2.05, 4.69) is 15.2 Å². The molecule has 1 aromatic rings. The average Bonchev–Trinajstić information content (AvgIpc) is 2.97. The highest BCUT2D eigenvalue weighted by Gasteiger charge is 2.19. The molecular formula is C15H26ClN3O2. The van der Waals surface area contributed by atoms with Crippen LogP contribution in [0.15, 0.2) is 18.3 Å². The molecule has 0 bridgehead atoms. The standard InChI is InChI=1S/C15H25N3O2.ClH/c1-2-13(19)7-10-17-15(20)14-4-3-11-18(14)12-5-8-16-9-6-12;/h3-4,11-13,16,19H,2,5-10H2,1H3,(H,17,20);1H. The molecule has 1 saturated heterocycles. The second-order valence-corrected chi connectivity index (χ2v) is 5.39. The highest BCUT2D eigenvalue weighted by Crippen LogP contribution is 2.21. The van der Waals surface area contributed by atoms with Crippen LogP contribution < -0.4 is 10.6 Å². The molecule has 1 amide bonds. The zero-order valence-corrected chi connectivity index (χ0v) is 13.4. The van der Waals surface area contributed by atoms with Crippen molar-refractivity contribution in [1.82, 2.24) is 15.2 Å². The Morgan fingerprint density at radius 2 is 2.24 bits per heavy atom. The van der Waals surface area contributed by atoms with Crippen molar-refractivity contribution >= 4 is 18.3 Å². The van der Waals surface area contributed by atoms with Crippen molar-refractivity contribution in [3.8, 4) is 0 Å². The highest BCUT2D eigenvalue weighted by atomic mass is 35.5.